The van der Waals surface area contributed by atoms with Gasteiger partial charge in [-0.25, -0.2) is 4.98 Å². The van der Waals surface area contributed by atoms with Gasteiger partial charge in [-0.1, -0.05) is 5.92 Å². The molecule has 0 bridgehead atoms. The van der Waals surface area contributed by atoms with Crippen LogP contribution in [0.25, 0.3) is 0 Å². The second-order valence-corrected chi connectivity index (χ2v) is 3.38. The molecule has 0 aliphatic carbocycles. The van der Waals surface area contributed by atoms with Crippen molar-refractivity contribution in [2.45, 2.75) is 13.3 Å². The maximum absolute atomic E-state index is 10.1. The van der Waals surface area contributed by atoms with E-state index in [0.717, 1.165) is 4.88 Å². The van der Waals surface area contributed by atoms with Crippen molar-refractivity contribution in [3.8, 4) is 11.8 Å². The Bertz CT molecular complexity index is 345. The number of carboxylic acid groups (broad SMARTS) is 1. The fraction of sp³-hybridized carbons (Fsp3) is 0.250. The SMILES string of the molecule is Cc1cnc(C#CCC(=O)O)s1. The molecule has 1 rings (SSSR count). The zero-order valence-corrected chi connectivity index (χ0v) is 7.31. The van der Waals surface area contributed by atoms with E-state index in [1.54, 1.807) is 6.20 Å². The maximum atomic E-state index is 10.1. The van der Waals surface area contributed by atoms with Gasteiger partial charge >= 0.3 is 5.97 Å². The van der Waals surface area contributed by atoms with Crippen molar-refractivity contribution in [3.05, 3.63) is 16.1 Å². The molecule has 0 spiro atoms. The predicted molar refractivity (Wildman–Crippen MR) is 46.0 cm³/mol. The summed E-state index contributed by atoms with van der Waals surface area (Å²) in [5.74, 6) is 4.28. The third-order valence-electron chi connectivity index (χ3n) is 1.06. The van der Waals surface area contributed by atoms with E-state index in [2.05, 4.69) is 16.8 Å². The van der Waals surface area contributed by atoms with Crippen molar-refractivity contribution in [2.24, 2.45) is 0 Å². The quantitative estimate of drug-likeness (QED) is 0.664. The van der Waals surface area contributed by atoms with E-state index >= 15 is 0 Å². The van der Waals surface area contributed by atoms with E-state index < -0.39 is 5.97 Å². The molecule has 0 saturated carbocycles. The van der Waals surface area contributed by atoms with Crippen LogP contribution in [0.5, 0.6) is 0 Å². The van der Waals surface area contributed by atoms with Crippen LogP contribution in [-0.4, -0.2) is 16.1 Å². The number of aromatic nitrogens is 1. The van der Waals surface area contributed by atoms with E-state index in [1.165, 1.54) is 11.3 Å². The number of rotatable bonds is 1. The number of aryl methyl sites for hydroxylation is 1. The van der Waals surface area contributed by atoms with Crippen molar-refractivity contribution < 1.29 is 9.90 Å². The molecule has 4 heteroatoms. The van der Waals surface area contributed by atoms with Gasteiger partial charge in [0.15, 0.2) is 5.01 Å². The van der Waals surface area contributed by atoms with Gasteiger partial charge in [0.25, 0.3) is 0 Å². The zero-order chi connectivity index (χ0) is 8.97. The summed E-state index contributed by atoms with van der Waals surface area (Å²) in [5.41, 5.74) is 0. The number of hydrogen-bond acceptors (Lipinski definition) is 3. The van der Waals surface area contributed by atoms with Gasteiger partial charge in [0.1, 0.15) is 6.42 Å². The molecule has 0 saturated heterocycles. The Balaban J connectivity index is 2.60. The van der Waals surface area contributed by atoms with E-state index in [0.29, 0.717) is 5.01 Å². The van der Waals surface area contributed by atoms with Crippen molar-refractivity contribution in [2.75, 3.05) is 0 Å². The normalized spacial score (nSPS) is 8.75. The summed E-state index contributed by atoms with van der Waals surface area (Å²) < 4.78 is 0. The number of aliphatic carboxylic acids is 1. The van der Waals surface area contributed by atoms with Gasteiger partial charge in [-0.05, 0) is 12.8 Å². The maximum Gasteiger partial charge on any atom is 0.315 e. The van der Waals surface area contributed by atoms with E-state index in [9.17, 15) is 4.79 Å². The fourth-order valence-electron chi connectivity index (χ4n) is 0.608. The number of carboxylic acids is 1. The minimum absolute atomic E-state index is 0.126. The van der Waals surface area contributed by atoms with Crippen LogP contribution < -0.4 is 0 Å². The predicted octanol–water partition coefficient (Wildman–Crippen LogP) is 1.28. The molecule has 62 valence electrons. The summed E-state index contributed by atoms with van der Waals surface area (Å²) in [6, 6.07) is 0. The summed E-state index contributed by atoms with van der Waals surface area (Å²) in [6.07, 6.45) is 1.59. The minimum atomic E-state index is -0.907. The summed E-state index contributed by atoms with van der Waals surface area (Å²) >= 11 is 1.46. The first-order chi connectivity index (χ1) is 5.68. The van der Waals surface area contributed by atoms with Crippen LogP contribution in [0.15, 0.2) is 6.20 Å². The first-order valence-electron chi connectivity index (χ1n) is 3.31. The molecule has 3 nitrogen and oxygen atoms in total. The van der Waals surface area contributed by atoms with Crippen LogP contribution in [0.3, 0.4) is 0 Å². The molecule has 1 heterocycles. The molecule has 0 atom stereocenters. The van der Waals surface area contributed by atoms with Gasteiger partial charge in [0.05, 0.1) is 0 Å². The lowest BCUT2D eigenvalue weighted by Gasteiger charge is -1.77. The highest BCUT2D eigenvalue weighted by Gasteiger charge is 1.93. The largest absolute Gasteiger partial charge is 0.481 e. The zero-order valence-electron chi connectivity index (χ0n) is 6.50. The summed E-state index contributed by atoms with van der Waals surface area (Å²) in [4.78, 5) is 15.1. The van der Waals surface area contributed by atoms with Crippen LogP contribution in [0.4, 0.5) is 0 Å². The first-order valence-corrected chi connectivity index (χ1v) is 4.13. The third-order valence-corrected chi connectivity index (χ3v) is 1.88. The topological polar surface area (TPSA) is 50.2 Å². The molecular weight excluding hydrogens is 174 g/mol. The van der Waals surface area contributed by atoms with Gasteiger partial charge in [-0.15, -0.1) is 11.3 Å². The molecular formula is C8H7NO2S. The third kappa shape index (κ3) is 2.72. The lowest BCUT2D eigenvalue weighted by molar-refractivity contribution is -0.135. The van der Waals surface area contributed by atoms with Gasteiger partial charge in [-0.3, -0.25) is 4.79 Å². The van der Waals surface area contributed by atoms with Crippen molar-refractivity contribution in [1.82, 2.24) is 4.98 Å². The highest BCUT2D eigenvalue weighted by atomic mass is 32.1. The standard InChI is InChI=1S/C8H7NO2S/c1-6-5-9-7(12-6)3-2-4-8(10)11/h5H,4H2,1H3,(H,10,11). The molecule has 0 aliphatic heterocycles. The van der Waals surface area contributed by atoms with Crippen LogP contribution in [0, 0.1) is 18.8 Å². The molecule has 1 aromatic rings. The average Bonchev–Trinajstić information content (AvgIpc) is 2.35. The summed E-state index contributed by atoms with van der Waals surface area (Å²) in [7, 11) is 0. The monoisotopic (exact) mass is 181 g/mol. The second-order valence-electron chi connectivity index (χ2n) is 2.15. The molecule has 0 fully saturated rings. The Morgan fingerprint density at radius 2 is 2.58 bits per heavy atom. The Hall–Kier alpha value is -1.34. The second kappa shape index (κ2) is 3.88. The smallest absolute Gasteiger partial charge is 0.315 e. The van der Waals surface area contributed by atoms with Gasteiger partial charge in [0.2, 0.25) is 0 Å². The number of hydrogen-bond donors (Lipinski definition) is 1. The van der Waals surface area contributed by atoms with Crippen molar-refractivity contribution in [1.29, 1.82) is 0 Å². The fourth-order valence-corrected chi connectivity index (χ4v) is 1.25. The number of nitrogens with zero attached hydrogens (tertiary/aromatic N) is 1. The Labute approximate surface area is 74.1 Å². The molecule has 12 heavy (non-hydrogen) atoms. The Morgan fingerprint density at radius 3 is 3.08 bits per heavy atom. The number of carbonyl (C=O) groups is 1. The highest BCUT2D eigenvalue weighted by molar-refractivity contribution is 7.12. The van der Waals surface area contributed by atoms with Crippen LogP contribution in [0.1, 0.15) is 16.3 Å². The summed E-state index contributed by atoms with van der Waals surface area (Å²) in [6.45, 7) is 1.93. The lowest BCUT2D eigenvalue weighted by atomic mass is 10.4. The van der Waals surface area contributed by atoms with Gasteiger partial charge in [-0.2, -0.15) is 0 Å². The van der Waals surface area contributed by atoms with E-state index in [4.69, 9.17) is 5.11 Å². The van der Waals surface area contributed by atoms with E-state index in [-0.39, 0.29) is 6.42 Å². The van der Waals surface area contributed by atoms with Crippen LogP contribution in [-0.2, 0) is 4.79 Å². The van der Waals surface area contributed by atoms with Crippen LogP contribution in [0.2, 0.25) is 0 Å². The van der Waals surface area contributed by atoms with Gasteiger partial charge < -0.3 is 5.11 Å². The van der Waals surface area contributed by atoms with E-state index in [1.807, 2.05) is 6.92 Å². The molecule has 0 unspecified atom stereocenters. The first kappa shape index (κ1) is 8.75. The van der Waals surface area contributed by atoms with Crippen LogP contribution >= 0.6 is 11.3 Å². The summed E-state index contributed by atoms with van der Waals surface area (Å²) in [5, 5.41) is 8.95. The Morgan fingerprint density at radius 1 is 1.83 bits per heavy atom. The molecule has 1 N–H and O–H groups in total. The molecule has 0 radical (unpaired) electrons. The van der Waals surface area contributed by atoms with Crippen molar-refractivity contribution >= 4 is 17.3 Å². The van der Waals surface area contributed by atoms with Crippen molar-refractivity contribution in [3.63, 3.8) is 0 Å². The Kier molecular flexibility index (Phi) is 2.83. The molecule has 0 aromatic carbocycles. The van der Waals surface area contributed by atoms with Gasteiger partial charge in [0, 0.05) is 11.1 Å². The highest BCUT2D eigenvalue weighted by Crippen LogP contribution is 2.08. The lowest BCUT2D eigenvalue weighted by Crippen LogP contribution is -1.90. The molecule has 0 amide bonds. The molecule has 0 aliphatic rings. The minimum Gasteiger partial charge on any atom is -0.481 e. The number of thiazole rings is 1. The average molecular weight is 181 g/mol. The molecule has 1 aromatic heterocycles.